The Bertz CT molecular complexity index is 1860. The summed E-state index contributed by atoms with van der Waals surface area (Å²) in [6, 6.07) is 24.5. The Balaban J connectivity index is 1.24. The SMILES string of the molecule is COc1ccc(-c2ccnc3c2c(C)nn3CC(=O)Nc2c(C)nn(Cc3cccc4ccccc34)c2C)cc1. The molecule has 0 saturated carbocycles. The fourth-order valence-corrected chi connectivity index (χ4v) is 5.34. The summed E-state index contributed by atoms with van der Waals surface area (Å²) in [5.41, 5.74) is 7.11. The first-order chi connectivity index (χ1) is 19.4. The summed E-state index contributed by atoms with van der Waals surface area (Å²) in [7, 11) is 1.65. The number of nitrogens with zero attached hydrogens (tertiary/aromatic N) is 5. The number of benzene rings is 3. The van der Waals surface area contributed by atoms with Crippen molar-refractivity contribution in [1.82, 2.24) is 24.5 Å². The number of carbonyl (C=O) groups is 1. The number of nitrogens with one attached hydrogen (secondary N) is 1. The van der Waals surface area contributed by atoms with Crippen LogP contribution in [0, 0.1) is 20.8 Å². The zero-order chi connectivity index (χ0) is 27.8. The Morgan fingerprint density at radius 3 is 2.42 bits per heavy atom. The minimum absolute atomic E-state index is 0.0385. The molecule has 0 saturated heterocycles. The molecule has 1 amide bonds. The fourth-order valence-electron chi connectivity index (χ4n) is 5.34. The molecule has 6 aromatic rings. The second kappa shape index (κ2) is 10.3. The number of ether oxygens (including phenoxy) is 1. The van der Waals surface area contributed by atoms with Gasteiger partial charge < -0.3 is 10.1 Å². The molecule has 8 nitrogen and oxygen atoms in total. The van der Waals surface area contributed by atoms with E-state index < -0.39 is 0 Å². The summed E-state index contributed by atoms with van der Waals surface area (Å²) in [6.07, 6.45) is 1.75. The summed E-state index contributed by atoms with van der Waals surface area (Å²) in [5, 5.41) is 15.8. The number of aryl methyl sites for hydroxylation is 2. The van der Waals surface area contributed by atoms with Crippen molar-refractivity contribution in [2.75, 3.05) is 12.4 Å². The lowest BCUT2D eigenvalue weighted by atomic mass is 10.0. The van der Waals surface area contributed by atoms with Crippen molar-refractivity contribution in [2.45, 2.75) is 33.9 Å². The maximum absolute atomic E-state index is 13.3. The second-order valence-electron chi connectivity index (χ2n) is 9.92. The number of pyridine rings is 1. The third-order valence-corrected chi connectivity index (χ3v) is 7.35. The standard InChI is InChI=1S/C32H30N6O2/c1-20-30-28(24-12-14-26(40-4)15-13-24)16-17-33-32(30)38(35-20)19-29(39)34-31-21(2)36-37(22(31)3)18-25-10-7-9-23-8-5-6-11-27(23)25/h5-17H,18-19H2,1-4H3,(H,34,39). The van der Waals surface area contributed by atoms with Gasteiger partial charge in [-0.05, 0) is 66.4 Å². The van der Waals surface area contributed by atoms with Crippen molar-refractivity contribution < 1.29 is 9.53 Å². The van der Waals surface area contributed by atoms with E-state index in [0.29, 0.717) is 12.2 Å². The Labute approximate surface area is 232 Å². The molecule has 200 valence electrons. The van der Waals surface area contributed by atoms with Crippen molar-refractivity contribution >= 4 is 33.4 Å². The van der Waals surface area contributed by atoms with Crippen molar-refractivity contribution in [1.29, 1.82) is 0 Å². The zero-order valence-corrected chi connectivity index (χ0v) is 23.0. The van der Waals surface area contributed by atoms with Gasteiger partial charge in [0.25, 0.3) is 0 Å². The van der Waals surface area contributed by atoms with Crippen LogP contribution in [0.15, 0.2) is 79.0 Å². The number of methoxy groups -OCH3 is 1. The number of amides is 1. The molecule has 6 rings (SSSR count). The smallest absolute Gasteiger partial charge is 0.246 e. The van der Waals surface area contributed by atoms with Gasteiger partial charge in [-0.1, -0.05) is 54.6 Å². The highest BCUT2D eigenvalue weighted by atomic mass is 16.5. The molecule has 40 heavy (non-hydrogen) atoms. The highest BCUT2D eigenvalue weighted by Crippen LogP contribution is 2.31. The van der Waals surface area contributed by atoms with E-state index in [-0.39, 0.29) is 12.5 Å². The minimum atomic E-state index is -0.183. The summed E-state index contributed by atoms with van der Waals surface area (Å²) >= 11 is 0. The van der Waals surface area contributed by atoms with Crippen molar-refractivity contribution in [2.24, 2.45) is 0 Å². The lowest BCUT2D eigenvalue weighted by Gasteiger charge is -2.10. The first-order valence-electron chi connectivity index (χ1n) is 13.2. The molecule has 0 aliphatic heterocycles. The molecule has 0 aliphatic rings. The number of aromatic nitrogens is 5. The quantitative estimate of drug-likeness (QED) is 0.271. The van der Waals surface area contributed by atoms with Gasteiger partial charge in [0, 0.05) is 11.6 Å². The van der Waals surface area contributed by atoms with Crippen LogP contribution < -0.4 is 10.1 Å². The summed E-state index contributed by atoms with van der Waals surface area (Å²) < 4.78 is 8.91. The van der Waals surface area contributed by atoms with E-state index in [1.807, 2.05) is 67.9 Å². The molecule has 0 bridgehead atoms. The Morgan fingerprint density at radius 1 is 0.875 bits per heavy atom. The second-order valence-corrected chi connectivity index (χ2v) is 9.92. The number of hydrogen-bond acceptors (Lipinski definition) is 5. The van der Waals surface area contributed by atoms with Crippen LogP contribution >= 0.6 is 0 Å². The van der Waals surface area contributed by atoms with Gasteiger partial charge >= 0.3 is 0 Å². The van der Waals surface area contributed by atoms with Crippen LogP contribution in [0.1, 0.15) is 22.6 Å². The van der Waals surface area contributed by atoms with E-state index in [4.69, 9.17) is 9.84 Å². The molecular formula is C32H30N6O2. The molecule has 0 radical (unpaired) electrons. The van der Waals surface area contributed by atoms with Gasteiger partial charge in [0.1, 0.15) is 12.3 Å². The monoisotopic (exact) mass is 530 g/mol. The summed E-state index contributed by atoms with van der Waals surface area (Å²) in [6.45, 7) is 6.49. The lowest BCUT2D eigenvalue weighted by molar-refractivity contribution is -0.116. The molecule has 0 atom stereocenters. The lowest BCUT2D eigenvalue weighted by Crippen LogP contribution is -2.20. The first kappa shape index (κ1) is 25.3. The fraction of sp³-hybridized carbons (Fsp3) is 0.188. The normalized spacial score (nSPS) is 11.3. The van der Waals surface area contributed by atoms with Gasteiger partial charge in [-0.3, -0.25) is 9.48 Å². The Morgan fingerprint density at radius 2 is 1.62 bits per heavy atom. The number of rotatable bonds is 7. The largest absolute Gasteiger partial charge is 0.497 e. The van der Waals surface area contributed by atoms with Gasteiger partial charge in [-0.2, -0.15) is 10.2 Å². The van der Waals surface area contributed by atoms with Gasteiger partial charge in [0.05, 0.1) is 36.4 Å². The zero-order valence-electron chi connectivity index (χ0n) is 23.0. The van der Waals surface area contributed by atoms with Crippen molar-refractivity contribution in [3.8, 4) is 16.9 Å². The van der Waals surface area contributed by atoms with Crippen LogP contribution in [0.4, 0.5) is 5.69 Å². The Hall–Kier alpha value is -4.98. The molecule has 0 aliphatic carbocycles. The van der Waals surface area contributed by atoms with Crippen LogP contribution in [-0.2, 0) is 17.9 Å². The first-order valence-corrected chi connectivity index (χ1v) is 13.2. The average molecular weight is 531 g/mol. The molecule has 3 aromatic carbocycles. The molecule has 0 fully saturated rings. The van der Waals surface area contributed by atoms with E-state index in [2.05, 4.69) is 45.7 Å². The molecule has 3 heterocycles. The van der Waals surface area contributed by atoms with Crippen LogP contribution in [0.25, 0.3) is 32.9 Å². The van der Waals surface area contributed by atoms with Gasteiger partial charge in [-0.15, -0.1) is 0 Å². The van der Waals surface area contributed by atoms with Crippen LogP contribution in [0.2, 0.25) is 0 Å². The topological polar surface area (TPSA) is 86.9 Å². The number of hydrogen-bond donors (Lipinski definition) is 1. The summed E-state index contributed by atoms with van der Waals surface area (Å²) in [5.74, 6) is 0.612. The van der Waals surface area contributed by atoms with Gasteiger partial charge in [0.2, 0.25) is 5.91 Å². The third kappa shape index (κ3) is 4.58. The highest BCUT2D eigenvalue weighted by molar-refractivity contribution is 5.97. The molecule has 3 aromatic heterocycles. The summed E-state index contributed by atoms with van der Waals surface area (Å²) in [4.78, 5) is 17.8. The average Bonchev–Trinajstić information content (AvgIpc) is 3.43. The molecular weight excluding hydrogens is 500 g/mol. The van der Waals surface area contributed by atoms with E-state index in [1.54, 1.807) is 18.0 Å². The number of fused-ring (bicyclic) bond motifs is 2. The van der Waals surface area contributed by atoms with Crippen LogP contribution in [0.5, 0.6) is 5.75 Å². The van der Waals surface area contributed by atoms with Crippen molar-refractivity contribution in [3.05, 3.63) is 102 Å². The van der Waals surface area contributed by atoms with E-state index in [0.717, 1.165) is 45.0 Å². The highest BCUT2D eigenvalue weighted by Gasteiger charge is 2.19. The maximum atomic E-state index is 13.3. The molecule has 0 unspecified atom stereocenters. The third-order valence-electron chi connectivity index (χ3n) is 7.35. The maximum Gasteiger partial charge on any atom is 0.246 e. The predicted octanol–water partition coefficient (Wildman–Crippen LogP) is 6.07. The van der Waals surface area contributed by atoms with Crippen LogP contribution in [-0.4, -0.2) is 37.6 Å². The van der Waals surface area contributed by atoms with Crippen molar-refractivity contribution in [3.63, 3.8) is 0 Å². The molecule has 1 N–H and O–H groups in total. The van der Waals surface area contributed by atoms with E-state index in [1.165, 1.54) is 16.3 Å². The molecule has 0 spiro atoms. The number of carbonyl (C=O) groups excluding carboxylic acids is 1. The number of anilines is 1. The predicted molar refractivity (Wildman–Crippen MR) is 158 cm³/mol. The van der Waals surface area contributed by atoms with Crippen LogP contribution in [0.3, 0.4) is 0 Å². The Kier molecular flexibility index (Phi) is 6.51. The van der Waals surface area contributed by atoms with Gasteiger partial charge in [-0.25, -0.2) is 9.67 Å². The van der Waals surface area contributed by atoms with E-state index in [9.17, 15) is 4.79 Å². The van der Waals surface area contributed by atoms with E-state index >= 15 is 0 Å². The van der Waals surface area contributed by atoms with Gasteiger partial charge in [0.15, 0.2) is 5.65 Å². The molecule has 8 heteroatoms. The minimum Gasteiger partial charge on any atom is -0.497 e.